The number of likely N-dealkylation sites (tertiary alicyclic amines) is 1. The van der Waals surface area contributed by atoms with Crippen LogP contribution in [0.1, 0.15) is 12.8 Å². The number of piperidine rings is 1. The van der Waals surface area contributed by atoms with Crippen molar-refractivity contribution in [2.45, 2.75) is 18.9 Å². The van der Waals surface area contributed by atoms with Crippen LogP contribution in [0.2, 0.25) is 0 Å². The molecule has 0 aliphatic carbocycles. The zero-order valence-electron chi connectivity index (χ0n) is 13.2. The molecule has 122 valence electrons. The number of carbonyl (C=O) groups excluding carboxylic acids is 1. The monoisotopic (exact) mass is 301 g/mol. The maximum atomic E-state index is 12.3. The van der Waals surface area contributed by atoms with Gasteiger partial charge in [0.1, 0.15) is 13.2 Å². The van der Waals surface area contributed by atoms with Crippen LogP contribution in [-0.4, -0.2) is 98.3 Å². The molecule has 0 aromatic carbocycles. The molecule has 0 saturated carbocycles. The number of nitrogens with zero attached hydrogens (tertiary/aromatic N) is 3. The minimum absolute atomic E-state index is 0.118. The second-order valence-electron chi connectivity index (χ2n) is 5.81. The Hall–Kier alpha value is -1.18. The molecule has 1 aliphatic rings. The molecule has 1 amide bonds. The zero-order valence-corrected chi connectivity index (χ0v) is 13.2. The normalized spacial score (nSPS) is 17.1. The molecule has 0 aromatic heterocycles. The first-order valence-electron chi connectivity index (χ1n) is 7.32. The lowest BCUT2D eigenvalue weighted by Gasteiger charge is -2.37. The fraction of sp³-hybridized carbons (Fsp3) is 0.857. The van der Waals surface area contributed by atoms with Crippen LogP contribution in [0.3, 0.4) is 0 Å². The van der Waals surface area contributed by atoms with Crippen molar-refractivity contribution in [3.05, 3.63) is 0 Å². The van der Waals surface area contributed by atoms with Gasteiger partial charge in [-0.15, -0.1) is 0 Å². The number of carbonyl (C=O) groups is 2. The molecule has 1 N–H and O–H groups in total. The lowest BCUT2D eigenvalue weighted by molar-refractivity contribution is -0.147. The Bertz CT molecular complexity index is 341. The molecule has 1 aliphatic heterocycles. The molecule has 0 atom stereocenters. The summed E-state index contributed by atoms with van der Waals surface area (Å²) < 4.78 is 4.94. The van der Waals surface area contributed by atoms with Crippen LogP contribution in [0.15, 0.2) is 0 Å². The number of ether oxygens (including phenoxy) is 1. The van der Waals surface area contributed by atoms with Crippen LogP contribution in [-0.2, 0) is 14.3 Å². The number of carboxylic acid groups (broad SMARTS) is 1. The van der Waals surface area contributed by atoms with Gasteiger partial charge >= 0.3 is 5.97 Å². The van der Waals surface area contributed by atoms with E-state index in [1.54, 1.807) is 0 Å². The van der Waals surface area contributed by atoms with Crippen molar-refractivity contribution in [3.63, 3.8) is 0 Å². The number of carboxylic acids is 1. The van der Waals surface area contributed by atoms with Crippen molar-refractivity contribution < 1.29 is 19.4 Å². The SMILES string of the molecule is CN(C)CCN(C(=O)COCC(=O)O)C1CCN(C)CC1. The highest BCUT2D eigenvalue weighted by atomic mass is 16.5. The first-order valence-corrected chi connectivity index (χ1v) is 7.32. The van der Waals surface area contributed by atoms with E-state index >= 15 is 0 Å². The first kappa shape index (κ1) is 17.9. The zero-order chi connectivity index (χ0) is 15.8. The van der Waals surface area contributed by atoms with Gasteiger partial charge in [-0.3, -0.25) is 4.79 Å². The summed E-state index contributed by atoms with van der Waals surface area (Å²) in [4.78, 5) is 28.9. The Morgan fingerprint density at radius 1 is 1.19 bits per heavy atom. The number of amides is 1. The van der Waals surface area contributed by atoms with Crippen molar-refractivity contribution in [1.82, 2.24) is 14.7 Å². The van der Waals surface area contributed by atoms with Crippen molar-refractivity contribution >= 4 is 11.9 Å². The lowest BCUT2D eigenvalue weighted by Crippen LogP contribution is -2.49. The minimum atomic E-state index is -1.05. The number of hydrogen-bond acceptors (Lipinski definition) is 5. The molecule has 0 radical (unpaired) electrons. The topological polar surface area (TPSA) is 73.3 Å². The molecule has 21 heavy (non-hydrogen) atoms. The van der Waals surface area contributed by atoms with Gasteiger partial charge in [-0.2, -0.15) is 0 Å². The number of rotatable bonds is 8. The van der Waals surface area contributed by atoms with Crippen LogP contribution < -0.4 is 0 Å². The third kappa shape index (κ3) is 6.88. The van der Waals surface area contributed by atoms with Crippen molar-refractivity contribution in [2.75, 3.05) is 60.5 Å². The molecule has 1 rings (SSSR count). The van der Waals surface area contributed by atoms with E-state index in [0.717, 1.165) is 32.5 Å². The predicted octanol–water partition coefficient (Wildman–Crippen LogP) is -0.428. The van der Waals surface area contributed by atoms with Gasteiger partial charge in [-0.25, -0.2) is 4.79 Å². The van der Waals surface area contributed by atoms with E-state index in [9.17, 15) is 9.59 Å². The Morgan fingerprint density at radius 2 is 1.81 bits per heavy atom. The van der Waals surface area contributed by atoms with Crippen LogP contribution in [0.5, 0.6) is 0 Å². The quantitative estimate of drug-likeness (QED) is 0.656. The molecule has 0 aromatic rings. The van der Waals surface area contributed by atoms with E-state index in [1.807, 2.05) is 23.9 Å². The fourth-order valence-electron chi connectivity index (χ4n) is 2.43. The number of hydrogen-bond donors (Lipinski definition) is 1. The maximum absolute atomic E-state index is 12.3. The molecule has 7 nitrogen and oxygen atoms in total. The smallest absolute Gasteiger partial charge is 0.329 e. The van der Waals surface area contributed by atoms with Gasteiger partial charge in [0.2, 0.25) is 5.91 Å². The van der Waals surface area contributed by atoms with Gasteiger partial charge in [0.05, 0.1) is 0 Å². The second-order valence-corrected chi connectivity index (χ2v) is 5.81. The Morgan fingerprint density at radius 3 is 2.33 bits per heavy atom. The summed E-state index contributed by atoms with van der Waals surface area (Å²) in [5.41, 5.74) is 0. The summed E-state index contributed by atoms with van der Waals surface area (Å²) in [6, 6.07) is 0.224. The summed E-state index contributed by atoms with van der Waals surface area (Å²) in [6.45, 7) is 2.80. The molecule has 0 unspecified atom stereocenters. The molecule has 7 heteroatoms. The summed E-state index contributed by atoms with van der Waals surface area (Å²) in [6.07, 6.45) is 1.91. The van der Waals surface area contributed by atoms with Crippen LogP contribution in [0.25, 0.3) is 0 Å². The van der Waals surface area contributed by atoms with E-state index in [-0.39, 0.29) is 18.6 Å². The van der Waals surface area contributed by atoms with E-state index in [4.69, 9.17) is 9.84 Å². The summed E-state index contributed by atoms with van der Waals surface area (Å²) in [7, 11) is 6.02. The Balaban J connectivity index is 2.54. The number of likely N-dealkylation sites (N-methyl/N-ethyl adjacent to an activating group) is 1. The molecule has 1 heterocycles. The van der Waals surface area contributed by atoms with E-state index < -0.39 is 12.6 Å². The summed E-state index contributed by atoms with van der Waals surface area (Å²) in [5, 5.41) is 8.56. The van der Waals surface area contributed by atoms with Crippen molar-refractivity contribution in [1.29, 1.82) is 0 Å². The molecular formula is C14H27N3O4. The van der Waals surface area contributed by atoms with E-state index in [2.05, 4.69) is 11.9 Å². The van der Waals surface area contributed by atoms with Gasteiger partial charge in [-0.1, -0.05) is 0 Å². The Labute approximate surface area is 126 Å². The first-order chi connectivity index (χ1) is 9.90. The largest absolute Gasteiger partial charge is 0.480 e. The highest BCUT2D eigenvalue weighted by Gasteiger charge is 2.26. The standard InChI is InChI=1S/C14H27N3O4/c1-15(2)8-9-17(12-4-6-16(3)7-5-12)13(18)10-21-11-14(19)20/h12H,4-11H2,1-3H3,(H,19,20). The highest BCUT2D eigenvalue weighted by molar-refractivity contribution is 5.78. The third-order valence-corrected chi connectivity index (χ3v) is 3.69. The van der Waals surface area contributed by atoms with Crippen molar-refractivity contribution in [3.8, 4) is 0 Å². The average molecular weight is 301 g/mol. The maximum Gasteiger partial charge on any atom is 0.329 e. The Kier molecular flexibility index (Phi) is 7.63. The van der Waals surface area contributed by atoms with Gasteiger partial charge in [0, 0.05) is 19.1 Å². The van der Waals surface area contributed by atoms with E-state index in [0.29, 0.717) is 6.54 Å². The molecule has 1 saturated heterocycles. The highest BCUT2D eigenvalue weighted by Crippen LogP contribution is 2.16. The molecule has 1 fully saturated rings. The van der Waals surface area contributed by atoms with Crippen molar-refractivity contribution in [2.24, 2.45) is 0 Å². The fourth-order valence-corrected chi connectivity index (χ4v) is 2.43. The third-order valence-electron chi connectivity index (χ3n) is 3.69. The van der Waals surface area contributed by atoms with Gasteiger partial charge in [-0.05, 0) is 47.1 Å². The second kappa shape index (κ2) is 8.96. The van der Waals surface area contributed by atoms with Gasteiger partial charge in [0.15, 0.2) is 0 Å². The van der Waals surface area contributed by atoms with Gasteiger partial charge in [0.25, 0.3) is 0 Å². The van der Waals surface area contributed by atoms with Gasteiger partial charge < -0.3 is 24.5 Å². The lowest BCUT2D eigenvalue weighted by atomic mass is 10.0. The summed E-state index contributed by atoms with van der Waals surface area (Å²) >= 11 is 0. The predicted molar refractivity (Wildman–Crippen MR) is 79.2 cm³/mol. The molecule has 0 spiro atoms. The van der Waals surface area contributed by atoms with Crippen LogP contribution >= 0.6 is 0 Å². The molecule has 0 bridgehead atoms. The summed E-state index contributed by atoms with van der Waals surface area (Å²) in [5.74, 6) is -1.17. The molecular weight excluding hydrogens is 274 g/mol. The average Bonchev–Trinajstić information content (AvgIpc) is 2.40. The van der Waals surface area contributed by atoms with Crippen LogP contribution in [0.4, 0.5) is 0 Å². The van der Waals surface area contributed by atoms with Crippen LogP contribution in [0, 0.1) is 0 Å². The number of aliphatic carboxylic acids is 1. The minimum Gasteiger partial charge on any atom is -0.480 e. The van der Waals surface area contributed by atoms with E-state index in [1.165, 1.54) is 0 Å².